The molecule has 5 heteroatoms. The molecule has 2 aromatic rings. The Kier molecular flexibility index (Phi) is 4.80. The number of rotatable bonds is 4. The van der Waals surface area contributed by atoms with Crippen LogP contribution in [0.4, 0.5) is 8.78 Å². The molecule has 0 amide bonds. The molecule has 0 saturated carbocycles. The highest BCUT2D eigenvalue weighted by Gasteiger charge is 2.20. The van der Waals surface area contributed by atoms with Gasteiger partial charge in [-0.25, -0.2) is 8.78 Å². The maximum atomic E-state index is 14.0. The summed E-state index contributed by atoms with van der Waals surface area (Å²) in [5.41, 5.74) is 7.72. The molecule has 0 saturated heterocycles. The second kappa shape index (κ2) is 6.41. The zero-order valence-electron chi connectivity index (χ0n) is 11.8. The first-order chi connectivity index (χ1) is 9.93. The van der Waals surface area contributed by atoms with Crippen molar-refractivity contribution in [3.05, 3.63) is 63.7 Å². The van der Waals surface area contributed by atoms with Gasteiger partial charge >= 0.3 is 0 Å². The van der Waals surface area contributed by atoms with Gasteiger partial charge in [0.05, 0.1) is 17.7 Å². The van der Waals surface area contributed by atoms with E-state index in [0.29, 0.717) is 17.9 Å². The molecule has 0 aliphatic carbocycles. The summed E-state index contributed by atoms with van der Waals surface area (Å²) in [4.78, 5) is 0. The fourth-order valence-corrected chi connectivity index (χ4v) is 2.29. The summed E-state index contributed by atoms with van der Waals surface area (Å²) in [6.45, 7) is 4.20. The predicted molar refractivity (Wildman–Crippen MR) is 79.7 cm³/mol. The largest absolute Gasteiger partial charge is 0.494 e. The molecule has 0 fully saturated rings. The number of aryl methyl sites for hydroxylation is 1. The molecule has 0 radical (unpaired) electrons. The number of hydrogen-bond acceptors (Lipinski definition) is 2. The first-order valence-corrected chi connectivity index (χ1v) is 6.95. The summed E-state index contributed by atoms with van der Waals surface area (Å²) in [5.74, 6) is -0.780. The number of halogens is 3. The topological polar surface area (TPSA) is 35.2 Å². The summed E-state index contributed by atoms with van der Waals surface area (Å²) < 4.78 is 33.1. The van der Waals surface area contributed by atoms with Gasteiger partial charge in [0.2, 0.25) is 0 Å². The molecule has 0 aliphatic rings. The minimum atomic E-state index is -0.835. The highest BCUT2D eigenvalue weighted by atomic mass is 35.5. The van der Waals surface area contributed by atoms with Crippen LogP contribution in [0.15, 0.2) is 30.3 Å². The van der Waals surface area contributed by atoms with Crippen molar-refractivity contribution in [2.45, 2.75) is 19.9 Å². The molecule has 0 aromatic heterocycles. The average Bonchev–Trinajstić information content (AvgIpc) is 2.44. The number of ether oxygens (including phenoxy) is 1. The van der Waals surface area contributed by atoms with Crippen molar-refractivity contribution in [3.63, 3.8) is 0 Å². The molecule has 0 spiro atoms. The standard InChI is InChI=1S/C16H16ClF2NO/c1-3-21-15-5-4-9(2)6-11(15)16(20)10-7-14(19)12(17)8-13(10)18/h4-8,16H,3,20H2,1-2H3. The third-order valence-corrected chi connectivity index (χ3v) is 3.46. The molecule has 2 N–H and O–H groups in total. The van der Waals surface area contributed by atoms with E-state index in [1.165, 1.54) is 0 Å². The average molecular weight is 312 g/mol. The Bertz CT molecular complexity index is 661. The minimum absolute atomic E-state index is 0.0449. The van der Waals surface area contributed by atoms with Crippen molar-refractivity contribution in [1.29, 1.82) is 0 Å². The lowest BCUT2D eigenvalue weighted by atomic mass is 9.96. The molecule has 2 nitrogen and oxygen atoms in total. The molecule has 1 atom stereocenters. The van der Waals surface area contributed by atoms with E-state index >= 15 is 0 Å². The first-order valence-electron chi connectivity index (χ1n) is 6.57. The van der Waals surface area contributed by atoms with E-state index in [9.17, 15) is 8.78 Å². The zero-order chi connectivity index (χ0) is 15.6. The maximum Gasteiger partial charge on any atom is 0.142 e. The molecular weight excluding hydrogens is 296 g/mol. The summed E-state index contributed by atoms with van der Waals surface area (Å²) in [7, 11) is 0. The summed E-state index contributed by atoms with van der Waals surface area (Å²) >= 11 is 5.56. The molecule has 21 heavy (non-hydrogen) atoms. The lowest BCUT2D eigenvalue weighted by Gasteiger charge is -2.18. The molecular formula is C16H16ClF2NO. The van der Waals surface area contributed by atoms with E-state index < -0.39 is 17.7 Å². The van der Waals surface area contributed by atoms with Crippen LogP contribution in [0.5, 0.6) is 5.75 Å². The van der Waals surface area contributed by atoms with E-state index in [4.69, 9.17) is 22.1 Å². The van der Waals surface area contributed by atoms with Gasteiger partial charge in [0.25, 0.3) is 0 Å². The molecule has 2 aromatic carbocycles. The fraction of sp³-hybridized carbons (Fsp3) is 0.250. The van der Waals surface area contributed by atoms with E-state index in [1.807, 2.05) is 26.0 Å². The normalized spacial score (nSPS) is 12.3. The van der Waals surface area contributed by atoms with Gasteiger partial charge in [0.1, 0.15) is 17.4 Å². The van der Waals surface area contributed by atoms with Gasteiger partial charge in [-0.15, -0.1) is 0 Å². The summed E-state index contributed by atoms with van der Waals surface area (Å²) in [6, 6.07) is 6.58. The SMILES string of the molecule is CCOc1ccc(C)cc1C(N)c1cc(F)c(Cl)cc1F. The van der Waals surface area contributed by atoms with Gasteiger partial charge in [-0.3, -0.25) is 0 Å². The maximum absolute atomic E-state index is 14.0. The van der Waals surface area contributed by atoms with Gasteiger partial charge in [0.15, 0.2) is 0 Å². The third-order valence-electron chi connectivity index (χ3n) is 3.17. The predicted octanol–water partition coefficient (Wildman–Crippen LogP) is 4.37. The molecule has 0 aliphatic heterocycles. The van der Waals surface area contributed by atoms with Gasteiger partial charge in [0, 0.05) is 11.1 Å². The van der Waals surface area contributed by atoms with Crippen molar-refractivity contribution in [2.24, 2.45) is 5.73 Å². The van der Waals surface area contributed by atoms with Crippen LogP contribution in [-0.2, 0) is 0 Å². The second-order valence-corrected chi connectivity index (χ2v) is 5.15. The van der Waals surface area contributed by atoms with E-state index in [2.05, 4.69) is 0 Å². The fourth-order valence-electron chi connectivity index (χ4n) is 2.14. The summed E-state index contributed by atoms with van der Waals surface area (Å²) in [6.07, 6.45) is 0. The Morgan fingerprint density at radius 1 is 1.14 bits per heavy atom. The van der Waals surface area contributed by atoms with Gasteiger partial charge in [-0.2, -0.15) is 0 Å². The Balaban J connectivity index is 2.51. The minimum Gasteiger partial charge on any atom is -0.494 e. The van der Waals surface area contributed by atoms with E-state index in [0.717, 1.165) is 17.7 Å². The second-order valence-electron chi connectivity index (χ2n) is 4.74. The number of nitrogens with two attached hydrogens (primary N) is 1. The van der Waals surface area contributed by atoms with Crippen molar-refractivity contribution >= 4 is 11.6 Å². The van der Waals surface area contributed by atoms with Crippen molar-refractivity contribution in [3.8, 4) is 5.75 Å². The van der Waals surface area contributed by atoms with Crippen LogP contribution in [0.25, 0.3) is 0 Å². The number of hydrogen-bond donors (Lipinski definition) is 1. The van der Waals surface area contributed by atoms with Crippen LogP contribution in [0, 0.1) is 18.6 Å². The molecule has 0 heterocycles. The molecule has 1 unspecified atom stereocenters. The summed E-state index contributed by atoms with van der Waals surface area (Å²) in [5, 5.41) is -0.266. The van der Waals surface area contributed by atoms with Crippen molar-refractivity contribution < 1.29 is 13.5 Å². The van der Waals surface area contributed by atoms with E-state index in [1.54, 1.807) is 6.07 Å². The van der Waals surface area contributed by atoms with Gasteiger partial charge in [-0.1, -0.05) is 29.3 Å². The Morgan fingerprint density at radius 3 is 2.52 bits per heavy atom. The van der Waals surface area contributed by atoms with Crippen LogP contribution in [-0.4, -0.2) is 6.61 Å². The van der Waals surface area contributed by atoms with Crippen LogP contribution < -0.4 is 10.5 Å². The van der Waals surface area contributed by atoms with Crippen LogP contribution in [0.1, 0.15) is 29.7 Å². The monoisotopic (exact) mass is 311 g/mol. The van der Waals surface area contributed by atoms with Gasteiger partial charge < -0.3 is 10.5 Å². The highest BCUT2D eigenvalue weighted by molar-refractivity contribution is 6.30. The van der Waals surface area contributed by atoms with Gasteiger partial charge in [-0.05, 0) is 32.0 Å². The van der Waals surface area contributed by atoms with Crippen molar-refractivity contribution in [1.82, 2.24) is 0 Å². The molecule has 2 rings (SSSR count). The molecule has 0 bridgehead atoms. The van der Waals surface area contributed by atoms with Crippen LogP contribution in [0.2, 0.25) is 5.02 Å². The third kappa shape index (κ3) is 3.34. The van der Waals surface area contributed by atoms with E-state index in [-0.39, 0.29) is 10.6 Å². The smallest absolute Gasteiger partial charge is 0.142 e. The lowest BCUT2D eigenvalue weighted by molar-refractivity contribution is 0.335. The van der Waals surface area contributed by atoms with Crippen LogP contribution in [0.3, 0.4) is 0 Å². The first kappa shape index (κ1) is 15.7. The lowest BCUT2D eigenvalue weighted by Crippen LogP contribution is -2.16. The molecule has 112 valence electrons. The number of benzene rings is 2. The Hall–Kier alpha value is -1.65. The Labute approximate surface area is 127 Å². The van der Waals surface area contributed by atoms with Crippen molar-refractivity contribution in [2.75, 3.05) is 6.61 Å². The zero-order valence-corrected chi connectivity index (χ0v) is 12.5. The van der Waals surface area contributed by atoms with Crippen LogP contribution >= 0.6 is 11.6 Å². The highest BCUT2D eigenvalue weighted by Crippen LogP contribution is 2.32. The quantitative estimate of drug-likeness (QED) is 0.851. The Morgan fingerprint density at radius 2 is 1.86 bits per heavy atom.